The van der Waals surface area contributed by atoms with Crippen LogP contribution in [0.4, 0.5) is 5.13 Å². The first-order valence-electron chi connectivity index (χ1n) is 10.6. The van der Waals surface area contributed by atoms with Crippen molar-refractivity contribution in [1.82, 2.24) is 40.1 Å². The summed E-state index contributed by atoms with van der Waals surface area (Å²) in [6.07, 6.45) is 7.31. The summed E-state index contributed by atoms with van der Waals surface area (Å²) in [6.45, 7) is 0.656. The number of anilines is 1. The topological polar surface area (TPSA) is 130 Å². The van der Waals surface area contributed by atoms with E-state index in [2.05, 4.69) is 48.0 Å². The molecule has 4 aromatic heterocycles. The number of nitrogens with one attached hydrogen (secondary N) is 2. The summed E-state index contributed by atoms with van der Waals surface area (Å²) in [5.41, 5.74) is 4.46. The molecule has 0 radical (unpaired) electrons. The monoisotopic (exact) mass is 447 g/mol. The number of fused-ring (bicyclic) bond motifs is 2. The second kappa shape index (κ2) is 7.92. The molecule has 1 aliphatic carbocycles. The van der Waals surface area contributed by atoms with Crippen LogP contribution in [0.25, 0.3) is 32.8 Å². The average Bonchev–Trinajstić information content (AvgIpc) is 3.55. The number of thiazole rings is 1. The van der Waals surface area contributed by atoms with Crippen molar-refractivity contribution in [3.63, 3.8) is 0 Å². The lowest BCUT2D eigenvalue weighted by molar-refractivity contribution is 0.116. The SMILES string of the molecule is OC1CCCCC1Nc1nc2ccc(Cn3cnc4cc(-c5nn[nH]n5)cnc43)cc2s1. The van der Waals surface area contributed by atoms with Gasteiger partial charge in [0.1, 0.15) is 5.52 Å². The molecule has 2 atom stereocenters. The Labute approximate surface area is 186 Å². The van der Waals surface area contributed by atoms with Crippen molar-refractivity contribution in [1.29, 1.82) is 0 Å². The third kappa shape index (κ3) is 3.59. The Kier molecular flexibility index (Phi) is 4.76. The molecule has 5 aromatic rings. The fourth-order valence-corrected chi connectivity index (χ4v) is 5.23. The largest absolute Gasteiger partial charge is 0.391 e. The first-order chi connectivity index (χ1) is 15.7. The molecule has 0 spiro atoms. The molecule has 10 nitrogen and oxygen atoms in total. The van der Waals surface area contributed by atoms with Gasteiger partial charge in [-0.05, 0) is 41.8 Å². The van der Waals surface area contributed by atoms with E-state index in [0.717, 1.165) is 63.3 Å². The van der Waals surface area contributed by atoms with Gasteiger partial charge >= 0.3 is 0 Å². The highest BCUT2D eigenvalue weighted by Gasteiger charge is 2.23. The normalized spacial score (nSPS) is 19.0. The molecule has 1 saturated carbocycles. The molecule has 0 amide bonds. The zero-order valence-corrected chi connectivity index (χ0v) is 18.0. The summed E-state index contributed by atoms with van der Waals surface area (Å²) in [4.78, 5) is 13.8. The number of aromatic amines is 1. The highest BCUT2D eigenvalue weighted by Crippen LogP contribution is 2.30. The number of tetrazole rings is 1. The van der Waals surface area contributed by atoms with E-state index in [1.54, 1.807) is 23.9 Å². The lowest BCUT2D eigenvalue weighted by Gasteiger charge is -2.27. The summed E-state index contributed by atoms with van der Waals surface area (Å²) < 4.78 is 3.14. The van der Waals surface area contributed by atoms with Crippen LogP contribution in [0.1, 0.15) is 31.2 Å². The van der Waals surface area contributed by atoms with Crippen molar-refractivity contribution in [3.8, 4) is 11.4 Å². The molecule has 162 valence electrons. The molecule has 3 N–H and O–H groups in total. The molecule has 1 aliphatic rings. The van der Waals surface area contributed by atoms with Crippen LogP contribution in [-0.2, 0) is 6.54 Å². The first kappa shape index (κ1) is 19.3. The molecule has 4 heterocycles. The molecule has 6 rings (SSSR count). The number of H-pyrrole nitrogens is 1. The van der Waals surface area contributed by atoms with Crippen LogP contribution in [-0.4, -0.2) is 57.4 Å². The van der Waals surface area contributed by atoms with Crippen LogP contribution >= 0.6 is 11.3 Å². The standard InChI is InChI=1S/C21H21N9OS/c31-17-4-2-1-3-14(17)24-21-25-15-6-5-12(7-18(15)32-21)10-30-11-23-16-8-13(9-22-20(16)30)19-26-28-29-27-19/h5-9,11,14,17,31H,1-4,10H2,(H,24,25)(H,26,27,28,29). The average molecular weight is 448 g/mol. The maximum absolute atomic E-state index is 10.2. The van der Waals surface area contributed by atoms with Gasteiger partial charge in [-0.3, -0.25) is 0 Å². The van der Waals surface area contributed by atoms with Gasteiger partial charge in [0.15, 0.2) is 10.8 Å². The number of hydrogen-bond donors (Lipinski definition) is 3. The van der Waals surface area contributed by atoms with Crippen molar-refractivity contribution in [2.45, 2.75) is 44.4 Å². The maximum Gasteiger partial charge on any atom is 0.206 e. The Morgan fingerprint density at radius 2 is 2.09 bits per heavy atom. The van der Waals surface area contributed by atoms with E-state index in [4.69, 9.17) is 4.98 Å². The van der Waals surface area contributed by atoms with E-state index >= 15 is 0 Å². The Morgan fingerprint density at radius 3 is 2.97 bits per heavy atom. The third-order valence-electron chi connectivity index (χ3n) is 5.90. The van der Waals surface area contributed by atoms with Gasteiger partial charge < -0.3 is 15.0 Å². The Bertz CT molecular complexity index is 1380. The summed E-state index contributed by atoms with van der Waals surface area (Å²) >= 11 is 1.63. The smallest absolute Gasteiger partial charge is 0.206 e. The number of hydrogen-bond acceptors (Lipinski definition) is 9. The van der Waals surface area contributed by atoms with E-state index in [0.29, 0.717) is 12.4 Å². The molecule has 0 aliphatic heterocycles. The van der Waals surface area contributed by atoms with E-state index in [9.17, 15) is 5.11 Å². The van der Waals surface area contributed by atoms with E-state index in [-0.39, 0.29) is 12.1 Å². The van der Waals surface area contributed by atoms with Gasteiger partial charge in [0.05, 0.1) is 35.2 Å². The van der Waals surface area contributed by atoms with Gasteiger partial charge in [0.25, 0.3) is 0 Å². The molecule has 11 heteroatoms. The number of aliphatic hydroxyl groups is 1. The van der Waals surface area contributed by atoms with Gasteiger partial charge in [-0.15, -0.1) is 10.2 Å². The van der Waals surface area contributed by atoms with Crippen LogP contribution in [0.3, 0.4) is 0 Å². The highest BCUT2D eigenvalue weighted by molar-refractivity contribution is 7.22. The van der Waals surface area contributed by atoms with Gasteiger partial charge in [-0.25, -0.2) is 15.0 Å². The zero-order chi connectivity index (χ0) is 21.5. The molecule has 1 aromatic carbocycles. The third-order valence-corrected chi connectivity index (χ3v) is 6.85. The highest BCUT2D eigenvalue weighted by atomic mass is 32.1. The fraction of sp³-hybridized carbons (Fsp3) is 0.333. The molecule has 2 unspecified atom stereocenters. The maximum atomic E-state index is 10.2. The fourth-order valence-electron chi connectivity index (χ4n) is 4.23. The zero-order valence-electron chi connectivity index (χ0n) is 17.1. The van der Waals surface area contributed by atoms with Gasteiger partial charge in [-0.1, -0.05) is 30.2 Å². The van der Waals surface area contributed by atoms with Crippen LogP contribution in [0, 0.1) is 0 Å². The summed E-state index contributed by atoms with van der Waals surface area (Å²) in [7, 11) is 0. The summed E-state index contributed by atoms with van der Waals surface area (Å²) in [5.74, 6) is 0.495. The number of rotatable bonds is 5. The van der Waals surface area contributed by atoms with Gasteiger partial charge in [0.2, 0.25) is 5.82 Å². The van der Waals surface area contributed by atoms with Crippen LogP contribution in [0.5, 0.6) is 0 Å². The lowest BCUT2D eigenvalue weighted by Crippen LogP contribution is -2.36. The van der Waals surface area contributed by atoms with Crippen LogP contribution in [0.2, 0.25) is 0 Å². The molecule has 0 bridgehead atoms. The quantitative estimate of drug-likeness (QED) is 0.375. The Morgan fingerprint density at radius 1 is 1.16 bits per heavy atom. The minimum Gasteiger partial charge on any atom is -0.391 e. The molecule has 32 heavy (non-hydrogen) atoms. The van der Waals surface area contributed by atoms with Gasteiger partial charge in [0, 0.05) is 11.8 Å². The second-order valence-electron chi connectivity index (χ2n) is 8.10. The predicted molar refractivity (Wildman–Crippen MR) is 121 cm³/mol. The molecular formula is C21H21N9OS. The lowest BCUT2D eigenvalue weighted by atomic mass is 9.93. The number of nitrogens with zero attached hydrogens (tertiary/aromatic N) is 7. The summed E-state index contributed by atoms with van der Waals surface area (Å²) in [6, 6.07) is 8.29. The predicted octanol–water partition coefficient (Wildman–Crippen LogP) is 2.98. The Balaban J connectivity index is 1.23. The molecule has 1 fully saturated rings. The molecule has 0 saturated heterocycles. The number of benzene rings is 1. The van der Waals surface area contributed by atoms with E-state index < -0.39 is 0 Å². The van der Waals surface area contributed by atoms with Crippen LogP contribution in [0.15, 0.2) is 36.8 Å². The summed E-state index contributed by atoms with van der Waals surface area (Å²) in [5, 5.41) is 28.6. The van der Waals surface area contributed by atoms with Crippen molar-refractivity contribution < 1.29 is 5.11 Å². The van der Waals surface area contributed by atoms with E-state index in [1.165, 1.54) is 0 Å². The Hall–Kier alpha value is -3.44. The number of aliphatic hydroxyl groups excluding tert-OH is 1. The van der Waals surface area contributed by atoms with Crippen molar-refractivity contribution >= 4 is 37.8 Å². The first-order valence-corrected chi connectivity index (χ1v) is 11.4. The van der Waals surface area contributed by atoms with Gasteiger partial charge in [-0.2, -0.15) is 5.21 Å². The number of pyridine rings is 1. The number of aromatic nitrogens is 8. The number of imidazole rings is 1. The molecular weight excluding hydrogens is 426 g/mol. The van der Waals surface area contributed by atoms with E-state index in [1.807, 2.05) is 16.7 Å². The minimum absolute atomic E-state index is 0.0875. The van der Waals surface area contributed by atoms with Crippen molar-refractivity contribution in [2.24, 2.45) is 0 Å². The second-order valence-corrected chi connectivity index (χ2v) is 9.13. The van der Waals surface area contributed by atoms with Crippen LogP contribution < -0.4 is 5.32 Å². The van der Waals surface area contributed by atoms with Crippen molar-refractivity contribution in [3.05, 3.63) is 42.4 Å². The minimum atomic E-state index is -0.297. The van der Waals surface area contributed by atoms with Crippen molar-refractivity contribution in [2.75, 3.05) is 5.32 Å².